The number of H-pyrrole nitrogens is 1. The number of benzene rings is 1. The number of rotatable bonds is 4. The molecule has 3 aromatic rings. The minimum atomic E-state index is -0.636. The van der Waals surface area contributed by atoms with Gasteiger partial charge >= 0.3 is 0 Å². The molecule has 1 aromatic carbocycles. The van der Waals surface area contributed by atoms with E-state index in [1.165, 1.54) is 11.6 Å². The fraction of sp³-hybridized carbons (Fsp3) is 0.444. The van der Waals surface area contributed by atoms with Crippen molar-refractivity contribution in [2.24, 2.45) is 5.73 Å². The summed E-state index contributed by atoms with van der Waals surface area (Å²) >= 11 is 1.75. The number of nitrogens with two attached hydrogens (primary N) is 1. The second kappa shape index (κ2) is 10.9. The molecule has 3 unspecified atom stereocenters. The summed E-state index contributed by atoms with van der Waals surface area (Å²) in [7, 11) is 0. The first-order chi connectivity index (χ1) is 17.5. The number of aliphatic hydroxyl groups is 1. The highest BCUT2D eigenvalue weighted by atomic mass is 32.2. The lowest BCUT2D eigenvalue weighted by Crippen LogP contribution is -2.34. The molecule has 4 N–H and O–H groups in total. The van der Waals surface area contributed by atoms with Crippen LogP contribution >= 0.6 is 11.8 Å². The summed E-state index contributed by atoms with van der Waals surface area (Å²) in [6.45, 7) is 0.561. The van der Waals surface area contributed by atoms with Crippen molar-refractivity contribution in [3.05, 3.63) is 53.9 Å². The Morgan fingerprint density at radius 1 is 1.11 bits per heavy atom. The van der Waals surface area contributed by atoms with Gasteiger partial charge in [-0.1, -0.05) is 30.3 Å². The van der Waals surface area contributed by atoms with E-state index < -0.39 is 11.9 Å². The van der Waals surface area contributed by atoms with Crippen molar-refractivity contribution in [3.63, 3.8) is 0 Å². The Labute approximate surface area is 214 Å². The Hall–Kier alpha value is -2.43. The van der Waals surface area contributed by atoms with Crippen LogP contribution in [0.25, 0.3) is 27.9 Å². The van der Waals surface area contributed by atoms with Crippen molar-refractivity contribution in [1.82, 2.24) is 9.97 Å². The van der Waals surface area contributed by atoms with Gasteiger partial charge in [0.05, 0.1) is 24.2 Å². The molecule has 2 fully saturated rings. The maximum Gasteiger partial charge on any atom is 0.193 e. The predicted molar refractivity (Wildman–Crippen MR) is 141 cm³/mol. The van der Waals surface area contributed by atoms with Gasteiger partial charge in [-0.25, -0.2) is 9.37 Å². The SMILES string of the molecule is CSC.NC1CC=C(c2ccc(-c3nc4cc(OC5CO[C@@H]6C(O)CO[C@H]56)[nH]c4cc3F)cc2)CC1. The molecule has 9 heteroatoms. The first-order valence-electron chi connectivity index (χ1n) is 12.2. The molecule has 7 nitrogen and oxygen atoms in total. The van der Waals surface area contributed by atoms with Crippen LogP contribution in [0, 0.1) is 5.82 Å². The number of aromatic nitrogens is 2. The van der Waals surface area contributed by atoms with Gasteiger partial charge in [0, 0.05) is 23.7 Å². The molecule has 2 saturated heterocycles. The minimum absolute atomic E-state index is 0.238. The second-order valence-electron chi connectivity index (χ2n) is 9.45. The van der Waals surface area contributed by atoms with E-state index in [2.05, 4.69) is 16.0 Å². The van der Waals surface area contributed by atoms with Crippen LogP contribution in [-0.2, 0) is 9.47 Å². The van der Waals surface area contributed by atoms with Crippen LogP contribution in [-0.4, -0.2) is 71.3 Å². The quantitative estimate of drug-likeness (QED) is 0.482. The zero-order chi connectivity index (χ0) is 25.2. The molecule has 2 aromatic heterocycles. The van der Waals surface area contributed by atoms with Gasteiger partial charge in [0.2, 0.25) is 0 Å². The molecule has 1 aliphatic carbocycles. The average molecular weight is 514 g/mol. The number of thioether (sulfide) groups is 1. The van der Waals surface area contributed by atoms with E-state index in [0.29, 0.717) is 29.2 Å². The molecule has 5 atom stereocenters. The van der Waals surface area contributed by atoms with Crippen LogP contribution in [0.4, 0.5) is 4.39 Å². The van der Waals surface area contributed by atoms with E-state index in [-0.39, 0.29) is 31.0 Å². The molecule has 0 bridgehead atoms. The van der Waals surface area contributed by atoms with Crippen LogP contribution in [0.3, 0.4) is 0 Å². The maximum absolute atomic E-state index is 14.9. The third kappa shape index (κ3) is 5.17. The molecular formula is C27H32FN3O4S. The zero-order valence-corrected chi connectivity index (χ0v) is 21.3. The van der Waals surface area contributed by atoms with E-state index in [4.69, 9.17) is 19.9 Å². The Kier molecular flexibility index (Phi) is 7.64. The third-order valence-corrected chi connectivity index (χ3v) is 6.77. The van der Waals surface area contributed by atoms with Crippen LogP contribution in [0.5, 0.6) is 5.88 Å². The van der Waals surface area contributed by atoms with Crippen LogP contribution < -0.4 is 10.5 Å². The van der Waals surface area contributed by atoms with Gasteiger partial charge in [-0.05, 0) is 42.9 Å². The summed E-state index contributed by atoms with van der Waals surface area (Å²) in [5, 5.41) is 9.90. The summed E-state index contributed by atoms with van der Waals surface area (Å²) in [6.07, 6.45) is 7.45. The number of nitrogens with zero attached hydrogens (tertiary/aromatic N) is 1. The van der Waals surface area contributed by atoms with Crippen molar-refractivity contribution >= 4 is 28.4 Å². The molecule has 0 amide bonds. The molecule has 2 aliphatic heterocycles. The van der Waals surface area contributed by atoms with Gasteiger partial charge in [0.15, 0.2) is 17.8 Å². The Morgan fingerprint density at radius 2 is 1.83 bits per heavy atom. The van der Waals surface area contributed by atoms with E-state index in [0.717, 1.165) is 30.4 Å². The average Bonchev–Trinajstić information content (AvgIpc) is 3.56. The monoisotopic (exact) mass is 513 g/mol. The summed E-state index contributed by atoms with van der Waals surface area (Å²) in [6, 6.07) is 11.3. The van der Waals surface area contributed by atoms with Gasteiger partial charge in [-0.15, -0.1) is 0 Å². The van der Waals surface area contributed by atoms with Gasteiger partial charge in [-0.2, -0.15) is 11.8 Å². The highest BCUT2D eigenvalue weighted by molar-refractivity contribution is 7.97. The largest absolute Gasteiger partial charge is 0.470 e. The number of allylic oxidation sites excluding steroid dienone is 1. The van der Waals surface area contributed by atoms with E-state index in [9.17, 15) is 9.50 Å². The highest BCUT2D eigenvalue weighted by Gasteiger charge is 2.48. The first-order valence-corrected chi connectivity index (χ1v) is 13.8. The van der Waals surface area contributed by atoms with Crippen molar-refractivity contribution in [1.29, 1.82) is 0 Å². The maximum atomic E-state index is 14.9. The molecule has 6 rings (SSSR count). The Morgan fingerprint density at radius 3 is 2.56 bits per heavy atom. The third-order valence-electron chi connectivity index (χ3n) is 6.77. The van der Waals surface area contributed by atoms with Crippen LogP contribution in [0.2, 0.25) is 0 Å². The first kappa shape index (κ1) is 25.2. The molecule has 4 heterocycles. The van der Waals surface area contributed by atoms with Crippen molar-refractivity contribution < 1.29 is 23.7 Å². The summed E-state index contributed by atoms with van der Waals surface area (Å²) < 4.78 is 32.1. The summed E-state index contributed by atoms with van der Waals surface area (Å²) in [5.74, 6) is 0.0594. The van der Waals surface area contributed by atoms with Crippen LogP contribution in [0.15, 0.2) is 42.5 Å². The Bertz CT molecular complexity index is 1230. The van der Waals surface area contributed by atoms with Crippen molar-refractivity contribution in [3.8, 4) is 17.1 Å². The number of fused-ring (bicyclic) bond motifs is 2. The number of aliphatic hydroxyl groups excluding tert-OH is 1. The molecule has 0 saturated carbocycles. The minimum Gasteiger partial charge on any atom is -0.470 e. The fourth-order valence-electron chi connectivity index (χ4n) is 4.94. The molecule has 0 spiro atoms. The number of halogens is 1. The number of aromatic amines is 1. The lowest BCUT2D eigenvalue weighted by molar-refractivity contribution is 0.00794. The topological polar surface area (TPSA) is 103 Å². The van der Waals surface area contributed by atoms with E-state index >= 15 is 0 Å². The smallest absolute Gasteiger partial charge is 0.193 e. The highest BCUT2D eigenvalue weighted by Crippen LogP contribution is 2.33. The lowest BCUT2D eigenvalue weighted by Gasteiger charge is -2.18. The number of hydrogen-bond acceptors (Lipinski definition) is 7. The summed E-state index contributed by atoms with van der Waals surface area (Å²) in [5.41, 5.74) is 10.6. The standard InChI is InChI=1S/C25H26FN3O4.C2H6S/c26-17-9-18-19(10-22(28-18)33-21-12-32-24-20(30)11-31-25(21)24)29-23(17)15-3-1-13(2-4-15)14-5-7-16(27)8-6-14;1-3-2/h1-5,9-10,16,20-21,24-25,28,30H,6-8,11-12,27H2;1-2H3/t16?,20?,21?,24-,25-;/m1./s1. The fourth-order valence-corrected chi connectivity index (χ4v) is 4.94. The van der Waals surface area contributed by atoms with Crippen LogP contribution in [0.1, 0.15) is 24.8 Å². The molecule has 3 aliphatic rings. The van der Waals surface area contributed by atoms with E-state index in [1.807, 2.05) is 36.8 Å². The number of nitrogens with one attached hydrogen (secondary N) is 1. The van der Waals surface area contributed by atoms with Gasteiger partial charge in [0.25, 0.3) is 0 Å². The number of hydrogen-bond donors (Lipinski definition) is 3. The summed E-state index contributed by atoms with van der Waals surface area (Å²) in [4.78, 5) is 7.62. The van der Waals surface area contributed by atoms with E-state index in [1.54, 1.807) is 17.8 Å². The Balaban J connectivity index is 0.000000848. The van der Waals surface area contributed by atoms with Gasteiger partial charge < -0.3 is 30.0 Å². The number of ether oxygens (including phenoxy) is 3. The predicted octanol–water partition coefficient (Wildman–Crippen LogP) is 4.15. The molecule has 0 radical (unpaired) electrons. The molecule has 36 heavy (non-hydrogen) atoms. The molecular weight excluding hydrogens is 481 g/mol. The number of pyridine rings is 1. The van der Waals surface area contributed by atoms with Crippen molar-refractivity contribution in [2.45, 2.75) is 49.7 Å². The lowest BCUT2D eigenvalue weighted by atomic mass is 9.90. The normalized spacial score (nSPS) is 27.4. The second-order valence-corrected chi connectivity index (χ2v) is 10.3. The van der Waals surface area contributed by atoms with Gasteiger partial charge in [0.1, 0.15) is 24.0 Å². The zero-order valence-electron chi connectivity index (χ0n) is 20.4. The molecule has 192 valence electrons. The van der Waals surface area contributed by atoms with Gasteiger partial charge in [-0.3, -0.25) is 0 Å². The van der Waals surface area contributed by atoms with Crippen molar-refractivity contribution in [2.75, 3.05) is 25.7 Å².